The van der Waals surface area contributed by atoms with Crippen molar-refractivity contribution < 1.29 is 4.79 Å². The van der Waals surface area contributed by atoms with E-state index in [-0.39, 0.29) is 18.0 Å². The molecule has 8 heteroatoms. The Kier molecular flexibility index (Phi) is 6.68. The maximum absolute atomic E-state index is 12.5. The Morgan fingerprint density at radius 3 is 2.35 bits per heavy atom. The van der Waals surface area contributed by atoms with Gasteiger partial charge in [0.1, 0.15) is 0 Å². The molecule has 0 radical (unpaired) electrons. The zero-order valence-electron chi connectivity index (χ0n) is 19.0. The van der Waals surface area contributed by atoms with E-state index in [4.69, 9.17) is 5.10 Å². The third-order valence-electron chi connectivity index (χ3n) is 5.41. The molecule has 34 heavy (non-hydrogen) atoms. The summed E-state index contributed by atoms with van der Waals surface area (Å²) in [5.74, 6) is -0.356. The molecule has 0 fully saturated rings. The minimum absolute atomic E-state index is 0.250. The summed E-state index contributed by atoms with van der Waals surface area (Å²) in [6.07, 6.45) is 6.05. The summed E-state index contributed by atoms with van der Waals surface area (Å²) < 4.78 is 4.17. The molecule has 2 heterocycles. The van der Waals surface area contributed by atoms with Crippen LogP contribution in [0.15, 0.2) is 88.7 Å². The van der Waals surface area contributed by atoms with Crippen LogP contribution in [0.1, 0.15) is 16.7 Å². The summed E-state index contributed by atoms with van der Waals surface area (Å²) in [5.41, 5.74) is 3.13. The van der Waals surface area contributed by atoms with Crippen molar-refractivity contribution in [1.29, 1.82) is 0 Å². The summed E-state index contributed by atoms with van der Waals surface area (Å²) >= 11 is 0. The molecular weight excluding hydrogens is 430 g/mol. The highest BCUT2D eigenvalue weighted by Gasteiger charge is 2.12. The molecule has 0 saturated heterocycles. The van der Waals surface area contributed by atoms with E-state index in [0.717, 1.165) is 27.0 Å². The second kappa shape index (κ2) is 9.99. The Bertz CT molecular complexity index is 1450. The fourth-order valence-corrected chi connectivity index (χ4v) is 3.64. The minimum Gasteiger partial charge on any atom is -0.348 e. The summed E-state index contributed by atoms with van der Waals surface area (Å²) in [7, 11) is 2.96. The van der Waals surface area contributed by atoms with Crippen molar-refractivity contribution >= 4 is 12.0 Å². The fraction of sp³-hybridized carbons (Fsp3) is 0.154. The lowest BCUT2D eigenvalue weighted by molar-refractivity contribution is -0.116. The SMILES string of the molecule is Cn1cc(/C=C/C(=O)NCc2cn(Cc3ccccc3)nc2-c2ccccc2)c(=O)n(C)c1=O. The maximum atomic E-state index is 12.5. The molecule has 8 nitrogen and oxygen atoms in total. The summed E-state index contributed by atoms with van der Waals surface area (Å²) in [5, 5.41) is 7.62. The average Bonchev–Trinajstić information content (AvgIpc) is 3.26. The van der Waals surface area contributed by atoms with Crippen LogP contribution in [-0.2, 0) is 32.0 Å². The number of nitrogens with one attached hydrogen (secondary N) is 1. The van der Waals surface area contributed by atoms with E-state index in [1.807, 2.05) is 71.5 Å². The Morgan fingerprint density at radius 2 is 1.65 bits per heavy atom. The summed E-state index contributed by atoms with van der Waals surface area (Å²) in [4.78, 5) is 36.5. The molecule has 0 aliphatic rings. The second-order valence-corrected chi connectivity index (χ2v) is 7.95. The quantitative estimate of drug-likeness (QED) is 0.433. The monoisotopic (exact) mass is 455 g/mol. The largest absolute Gasteiger partial charge is 0.348 e. The van der Waals surface area contributed by atoms with Crippen molar-refractivity contribution in [3.63, 3.8) is 0 Å². The first kappa shape index (κ1) is 22.7. The zero-order chi connectivity index (χ0) is 24.1. The van der Waals surface area contributed by atoms with Crippen LogP contribution in [0.25, 0.3) is 17.3 Å². The van der Waals surface area contributed by atoms with Crippen LogP contribution in [0.5, 0.6) is 0 Å². The number of nitrogens with zero attached hydrogens (tertiary/aromatic N) is 4. The second-order valence-electron chi connectivity index (χ2n) is 7.95. The van der Waals surface area contributed by atoms with Gasteiger partial charge in [0.25, 0.3) is 5.56 Å². The first-order valence-electron chi connectivity index (χ1n) is 10.8. The van der Waals surface area contributed by atoms with Gasteiger partial charge >= 0.3 is 5.69 Å². The van der Waals surface area contributed by atoms with Gasteiger partial charge in [-0.15, -0.1) is 0 Å². The molecule has 0 aliphatic heterocycles. The van der Waals surface area contributed by atoms with Gasteiger partial charge in [0.05, 0.1) is 17.8 Å². The first-order valence-corrected chi connectivity index (χ1v) is 10.8. The molecule has 1 N–H and O–H groups in total. The minimum atomic E-state index is -0.458. The Labute approximate surface area is 196 Å². The van der Waals surface area contributed by atoms with E-state index in [1.54, 1.807) is 7.05 Å². The van der Waals surface area contributed by atoms with Crippen molar-refractivity contribution in [2.45, 2.75) is 13.1 Å². The van der Waals surface area contributed by atoms with Gasteiger partial charge in [0.15, 0.2) is 0 Å². The number of hydrogen-bond donors (Lipinski definition) is 1. The van der Waals surface area contributed by atoms with Crippen LogP contribution in [0, 0.1) is 0 Å². The molecule has 2 aromatic heterocycles. The predicted molar refractivity (Wildman–Crippen MR) is 131 cm³/mol. The van der Waals surface area contributed by atoms with Crippen LogP contribution in [-0.4, -0.2) is 24.8 Å². The Hall–Kier alpha value is -4.46. The van der Waals surface area contributed by atoms with Gasteiger partial charge < -0.3 is 9.88 Å². The molecule has 1 amide bonds. The summed E-state index contributed by atoms with van der Waals surface area (Å²) in [6, 6.07) is 19.8. The normalized spacial score (nSPS) is 11.1. The number of amides is 1. The topological polar surface area (TPSA) is 90.9 Å². The van der Waals surface area contributed by atoms with Crippen molar-refractivity contribution in [1.82, 2.24) is 24.2 Å². The van der Waals surface area contributed by atoms with E-state index >= 15 is 0 Å². The maximum Gasteiger partial charge on any atom is 0.330 e. The molecule has 0 spiro atoms. The number of aromatic nitrogens is 4. The number of carbonyl (C=O) groups excluding carboxylic acids is 1. The van der Waals surface area contributed by atoms with Crippen molar-refractivity contribution in [3.05, 3.63) is 117 Å². The van der Waals surface area contributed by atoms with Gasteiger partial charge in [-0.3, -0.25) is 18.8 Å². The zero-order valence-corrected chi connectivity index (χ0v) is 19.0. The lowest BCUT2D eigenvalue weighted by Crippen LogP contribution is -2.37. The van der Waals surface area contributed by atoms with Crippen LogP contribution in [0.3, 0.4) is 0 Å². The Morgan fingerprint density at radius 1 is 0.971 bits per heavy atom. The van der Waals surface area contributed by atoms with Gasteiger partial charge in [-0.25, -0.2) is 4.79 Å². The van der Waals surface area contributed by atoms with Crippen LogP contribution < -0.4 is 16.6 Å². The van der Waals surface area contributed by atoms with Crippen molar-refractivity contribution in [3.8, 4) is 11.3 Å². The number of aryl methyl sites for hydroxylation is 1. The molecule has 172 valence electrons. The highest BCUT2D eigenvalue weighted by Crippen LogP contribution is 2.22. The third kappa shape index (κ3) is 5.12. The number of rotatable bonds is 7. The lowest BCUT2D eigenvalue weighted by atomic mass is 10.1. The van der Waals surface area contributed by atoms with E-state index < -0.39 is 11.2 Å². The van der Waals surface area contributed by atoms with E-state index in [0.29, 0.717) is 6.54 Å². The van der Waals surface area contributed by atoms with E-state index in [2.05, 4.69) is 5.32 Å². The van der Waals surface area contributed by atoms with Crippen LogP contribution in [0.4, 0.5) is 0 Å². The van der Waals surface area contributed by atoms with Gasteiger partial charge in [0, 0.05) is 50.2 Å². The molecule has 0 aliphatic carbocycles. The van der Waals surface area contributed by atoms with Gasteiger partial charge in [0.2, 0.25) is 5.91 Å². The van der Waals surface area contributed by atoms with Gasteiger partial charge in [-0.2, -0.15) is 5.10 Å². The van der Waals surface area contributed by atoms with Gasteiger partial charge in [-0.05, 0) is 11.6 Å². The van der Waals surface area contributed by atoms with Crippen LogP contribution in [0.2, 0.25) is 0 Å². The molecule has 0 saturated carbocycles. The number of hydrogen-bond acceptors (Lipinski definition) is 4. The molecule has 4 rings (SSSR count). The molecule has 2 aromatic carbocycles. The molecule has 0 unspecified atom stereocenters. The fourth-order valence-electron chi connectivity index (χ4n) is 3.64. The van der Waals surface area contributed by atoms with Crippen molar-refractivity contribution in [2.24, 2.45) is 14.1 Å². The van der Waals surface area contributed by atoms with Gasteiger partial charge in [-0.1, -0.05) is 60.7 Å². The molecule has 0 bridgehead atoms. The molecule has 0 atom stereocenters. The standard InChI is InChI=1S/C26H25N5O3/c1-29-17-21(25(33)30(2)26(29)34)13-14-23(32)27-15-22-18-31(16-19-9-5-3-6-10-19)28-24(22)20-11-7-4-8-12-20/h3-14,17-18H,15-16H2,1-2H3,(H,27,32)/b14-13+. The number of carbonyl (C=O) groups is 1. The first-order chi connectivity index (χ1) is 16.4. The smallest absolute Gasteiger partial charge is 0.330 e. The van der Waals surface area contributed by atoms with E-state index in [1.165, 1.54) is 30.0 Å². The highest BCUT2D eigenvalue weighted by atomic mass is 16.2. The molecular formula is C26H25N5O3. The van der Waals surface area contributed by atoms with E-state index in [9.17, 15) is 14.4 Å². The third-order valence-corrected chi connectivity index (χ3v) is 5.41. The summed E-state index contributed by atoms with van der Waals surface area (Å²) in [6.45, 7) is 0.887. The Balaban J connectivity index is 1.53. The van der Waals surface area contributed by atoms with Crippen molar-refractivity contribution in [2.75, 3.05) is 0 Å². The lowest BCUT2D eigenvalue weighted by Gasteiger charge is -2.04. The molecule has 4 aromatic rings. The average molecular weight is 456 g/mol. The highest BCUT2D eigenvalue weighted by molar-refractivity contribution is 5.91. The number of benzene rings is 2. The predicted octanol–water partition coefficient (Wildman–Crippen LogP) is 2.33. The van der Waals surface area contributed by atoms with Crippen LogP contribution >= 0.6 is 0 Å².